The average Bonchev–Trinajstić information content (AvgIpc) is 3.37. The Morgan fingerprint density at radius 3 is 2.62 bits per heavy atom. The predicted octanol–water partition coefficient (Wildman–Crippen LogP) is 3.62. The number of ether oxygens (including phenoxy) is 2. The third-order valence-electron chi connectivity index (χ3n) is 3.82. The lowest BCUT2D eigenvalue weighted by Gasteiger charge is -2.12. The zero-order valence-electron chi connectivity index (χ0n) is 12.6. The van der Waals surface area contributed by atoms with Crippen LogP contribution in [0.2, 0.25) is 0 Å². The second-order valence-corrected chi connectivity index (χ2v) is 5.42. The molecule has 1 aliphatic carbocycles. The molecule has 0 heterocycles. The summed E-state index contributed by atoms with van der Waals surface area (Å²) in [5, 5.41) is 3.55. The van der Waals surface area contributed by atoms with Crippen molar-refractivity contribution in [2.45, 2.75) is 25.4 Å². The molecule has 3 rings (SSSR count). The minimum absolute atomic E-state index is 0.722. The van der Waals surface area contributed by atoms with Crippen LogP contribution in [0.25, 0.3) is 11.1 Å². The van der Waals surface area contributed by atoms with Crippen LogP contribution in [0.3, 0.4) is 0 Å². The topological polar surface area (TPSA) is 30.5 Å². The summed E-state index contributed by atoms with van der Waals surface area (Å²) < 4.78 is 10.8. The molecule has 0 unspecified atom stereocenters. The summed E-state index contributed by atoms with van der Waals surface area (Å²) in [6, 6.07) is 15.2. The summed E-state index contributed by atoms with van der Waals surface area (Å²) in [5.41, 5.74) is 3.51. The Morgan fingerprint density at radius 2 is 1.90 bits per heavy atom. The molecule has 110 valence electrons. The molecule has 0 spiro atoms. The van der Waals surface area contributed by atoms with Crippen LogP contribution < -0.4 is 14.8 Å². The maximum atomic E-state index is 5.48. The van der Waals surface area contributed by atoms with Gasteiger partial charge in [-0.15, -0.1) is 0 Å². The van der Waals surface area contributed by atoms with E-state index in [-0.39, 0.29) is 0 Å². The zero-order chi connectivity index (χ0) is 14.7. The standard InChI is InChI=1S/C18H21NO2/c1-20-16-8-9-18(21-2)17(11-16)14-5-3-4-13(10-14)12-19-15-6-7-15/h3-5,8-11,15,19H,6-7,12H2,1-2H3. The van der Waals surface area contributed by atoms with E-state index in [9.17, 15) is 0 Å². The molecule has 0 amide bonds. The number of rotatable bonds is 6. The summed E-state index contributed by atoms with van der Waals surface area (Å²) in [6.07, 6.45) is 2.62. The minimum Gasteiger partial charge on any atom is -0.497 e. The first-order valence-electron chi connectivity index (χ1n) is 7.35. The lowest BCUT2D eigenvalue weighted by molar-refractivity contribution is 0.404. The van der Waals surface area contributed by atoms with Crippen molar-refractivity contribution in [3.63, 3.8) is 0 Å². The van der Waals surface area contributed by atoms with E-state index in [1.807, 2.05) is 18.2 Å². The van der Waals surface area contributed by atoms with Gasteiger partial charge in [-0.05, 0) is 48.2 Å². The van der Waals surface area contributed by atoms with Crippen molar-refractivity contribution in [3.05, 3.63) is 48.0 Å². The highest BCUT2D eigenvalue weighted by Gasteiger charge is 2.20. The van der Waals surface area contributed by atoms with E-state index in [1.165, 1.54) is 18.4 Å². The van der Waals surface area contributed by atoms with Gasteiger partial charge < -0.3 is 14.8 Å². The molecule has 0 radical (unpaired) electrons. The Hall–Kier alpha value is -2.00. The fourth-order valence-electron chi connectivity index (χ4n) is 2.44. The lowest BCUT2D eigenvalue weighted by atomic mass is 10.0. The van der Waals surface area contributed by atoms with Gasteiger partial charge >= 0.3 is 0 Å². The first kappa shape index (κ1) is 14.0. The van der Waals surface area contributed by atoms with Gasteiger partial charge in [0.1, 0.15) is 11.5 Å². The number of nitrogens with one attached hydrogen (secondary N) is 1. The molecule has 1 aliphatic rings. The van der Waals surface area contributed by atoms with Crippen molar-refractivity contribution in [3.8, 4) is 22.6 Å². The van der Waals surface area contributed by atoms with E-state index in [2.05, 4.69) is 29.6 Å². The molecule has 0 atom stereocenters. The average molecular weight is 283 g/mol. The maximum absolute atomic E-state index is 5.48. The molecule has 21 heavy (non-hydrogen) atoms. The van der Waals surface area contributed by atoms with Crippen LogP contribution in [-0.4, -0.2) is 20.3 Å². The quantitative estimate of drug-likeness (QED) is 0.878. The Morgan fingerprint density at radius 1 is 1.05 bits per heavy atom. The van der Waals surface area contributed by atoms with E-state index in [0.717, 1.165) is 35.2 Å². The van der Waals surface area contributed by atoms with E-state index < -0.39 is 0 Å². The third-order valence-corrected chi connectivity index (χ3v) is 3.82. The molecule has 3 heteroatoms. The van der Waals surface area contributed by atoms with Gasteiger partial charge in [0.15, 0.2) is 0 Å². The molecule has 0 bridgehead atoms. The Bertz CT molecular complexity index is 620. The molecule has 1 fully saturated rings. The molecule has 1 saturated carbocycles. The number of methoxy groups -OCH3 is 2. The van der Waals surface area contributed by atoms with E-state index >= 15 is 0 Å². The zero-order valence-corrected chi connectivity index (χ0v) is 12.6. The van der Waals surface area contributed by atoms with Crippen molar-refractivity contribution in [1.82, 2.24) is 5.32 Å². The second-order valence-electron chi connectivity index (χ2n) is 5.42. The van der Waals surface area contributed by atoms with Gasteiger partial charge in [-0.1, -0.05) is 18.2 Å². The van der Waals surface area contributed by atoms with E-state index in [0.29, 0.717) is 0 Å². The first-order valence-corrected chi connectivity index (χ1v) is 7.35. The first-order chi connectivity index (χ1) is 10.3. The fraction of sp³-hybridized carbons (Fsp3) is 0.333. The smallest absolute Gasteiger partial charge is 0.126 e. The van der Waals surface area contributed by atoms with E-state index in [1.54, 1.807) is 14.2 Å². The van der Waals surface area contributed by atoms with Crippen LogP contribution in [0.1, 0.15) is 18.4 Å². The monoisotopic (exact) mass is 283 g/mol. The molecule has 2 aromatic rings. The molecule has 2 aromatic carbocycles. The Balaban J connectivity index is 1.89. The van der Waals surface area contributed by atoms with E-state index in [4.69, 9.17) is 9.47 Å². The molecule has 1 N–H and O–H groups in total. The third kappa shape index (κ3) is 3.37. The summed E-state index contributed by atoms with van der Waals surface area (Å²) in [5.74, 6) is 1.70. The second kappa shape index (κ2) is 6.19. The Kier molecular flexibility index (Phi) is 4.11. The fourth-order valence-corrected chi connectivity index (χ4v) is 2.44. The molecular weight excluding hydrogens is 262 g/mol. The number of benzene rings is 2. The molecule has 3 nitrogen and oxygen atoms in total. The van der Waals surface area contributed by atoms with Crippen LogP contribution in [0.5, 0.6) is 11.5 Å². The van der Waals surface area contributed by atoms with Gasteiger partial charge in [0.25, 0.3) is 0 Å². The van der Waals surface area contributed by atoms with Crippen molar-refractivity contribution < 1.29 is 9.47 Å². The molecule has 0 aliphatic heterocycles. The summed E-state index contributed by atoms with van der Waals surface area (Å²) in [4.78, 5) is 0. The highest BCUT2D eigenvalue weighted by Crippen LogP contribution is 2.33. The van der Waals surface area contributed by atoms with Gasteiger partial charge in [-0.3, -0.25) is 0 Å². The lowest BCUT2D eigenvalue weighted by Crippen LogP contribution is -2.15. The maximum Gasteiger partial charge on any atom is 0.126 e. The largest absolute Gasteiger partial charge is 0.497 e. The highest BCUT2D eigenvalue weighted by molar-refractivity contribution is 5.72. The highest BCUT2D eigenvalue weighted by atomic mass is 16.5. The summed E-state index contributed by atoms with van der Waals surface area (Å²) in [7, 11) is 3.38. The van der Waals surface area contributed by atoms with Gasteiger partial charge in [0.05, 0.1) is 14.2 Å². The van der Waals surface area contributed by atoms with Crippen LogP contribution >= 0.6 is 0 Å². The van der Waals surface area contributed by atoms with Crippen molar-refractivity contribution in [2.24, 2.45) is 0 Å². The van der Waals surface area contributed by atoms with Crippen LogP contribution in [-0.2, 0) is 6.54 Å². The molecule has 0 saturated heterocycles. The molecule has 0 aromatic heterocycles. The van der Waals surface area contributed by atoms with Crippen molar-refractivity contribution in [1.29, 1.82) is 0 Å². The van der Waals surface area contributed by atoms with Gasteiger partial charge in [-0.2, -0.15) is 0 Å². The Labute approximate surface area is 125 Å². The summed E-state index contributed by atoms with van der Waals surface area (Å²) in [6.45, 7) is 0.921. The SMILES string of the molecule is COc1ccc(OC)c(-c2cccc(CNC3CC3)c2)c1. The van der Waals surface area contributed by atoms with Crippen LogP contribution in [0.4, 0.5) is 0 Å². The minimum atomic E-state index is 0.722. The number of hydrogen-bond donors (Lipinski definition) is 1. The predicted molar refractivity (Wildman–Crippen MR) is 84.8 cm³/mol. The van der Waals surface area contributed by atoms with Crippen molar-refractivity contribution >= 4 is 0 Å². The van der Waals surface area contributed by atoms with Gasteiger partial charge in [0, 0.05) is 18.2 Å². The normalized spacial score (nSPS) is 14.0. The molecular formula is C18H21NO2. The summed E-state index contributed by atoms with van der Waals surface area (Å²) >= 11 is 0. The van der Waals surface area contributed by atoms with Crippen molar-refractivity contribution in [2.75, 3.05) is 14.2 Å². The number of hydrogen-bond acceptors (Lipinski definition) is 3. The van der Waals surface area contributed by atoms with Gasteiger partial charge in [-0.25, -0.2) is 0 Å². The van der Waals surface area contributed by atoms with Crippen LogP contribution in [0.15, 0.2) is 42.5 Å². The van der Waals surface area contributed by atoms with Crippen LogP contribution in [0, 0.1) is 0 Å². The van der Waals surface area contributed by atoms with Gasteiger partial charge in [0.2, 0.25) is 0 Å².